The number of amides is 1. The summed E-state index contributed by atoms with van der Waals surface area (Å²) in [5.74, 6) is 0.0787. The van der Waals surface area contributed by atoms with Crippen LogP contribution >= 0.6 is 0 Å². The fourth-order valence-corrected chi connectivity index (χ4v) is 3.99. The molecular weight excluding hydrogens is 300 g/mol. The second-order valence-electron chi connectivity index (χ2n) is 7.26. The SMILES string of the molecule is CC1CCCCN1CCCNC(=O)Cc1nncc2c1CCCC2. The minimum atomic E-state index is 0.0787. The van der Waals surface area contributed by atoms with E-state index in [4.69, 9.17) is 0 Å². The Morgan fingerprint density at radius 3 is 3.04 bits per heavy atom. The van der Waals surface area contributed by atoms with Gasteiger partial charge in [0.2, 0.25) is 5.91 Å². The molecule has 3 rings (SSSR count). The zero-order chi connectivity index (χ0) is 16.8. The van der Waals surface area contributed by atoms with Crippen molar-refractivity contribution < 1.29 is 4.79 Å². The standard InChI is InChI=1S/C19H30N4O/c1-15-7-4-5-11-23(15)12-6-10-20-19(24)13-18-17-9-3-2-8-16(17)14-21-22-18/h14-15H,2-13H2,1H3,(H,20,24). The van der Waals surface area contributed by atoms with Crippen molar-refractivity contribution in [1.82, 2.24) is 20.4 Å². The molecule has 5 heteroatoms. The fourth-order valence-electron chi connectivity index (χ4n) is 3.99. The molecule has 1 atom stereocenters. The van der Waals surface area contributed by atoms with Gasteiger partial charge < -0.3 is 10.2 Å². The lowest BCUT2D eigenvalue weighted by molar-refractivity contribution is -0.120. The molecule has 132 valence electrons. The summed E-state index contributed by atoms with van der Waals surface area (Å²) in [5, 5.41) is 11.4. The maximum atomic E-state index is 12.2. The Morgan fingerprint density at radius 2 is 2.17 bits per heavy atom. The number of fused-ring (bicyclic) bond motifs is 1. The molecule has 0 saturated carbocycles. The number of nitrogens with zero attached hydrogens (tertiary/aromatic N) is 3. The Bertz CT molecular complexity index is 560. The normalized spacial score (nSPS) is 21.3. The first-order chi connectivity index (χ1) is 11.7. The zero-order valence-electron chi connectivity index (χ0n) is 14.9. The smallest absolute Gasteiger partial charge is 0.226 e. The Kier molecular flexibility index (Phi) is 6.18. The first-order valence-electron chi connectivity index (χ1n) is 9.57. The van der Waals surface area contributed by atoms with Gasteiger partial charge in [-0.15, -0.1) is 0 Å². The van der Waals surface area contributed by atoms with E-state index in [-0.39, 0.29) is 5.91 Å². The molecule has 1 unspecified atom stereocenters. The molecule has 1 amide bonds. The number of piperidine rings is 1. The van der Waals surface area contributed by atoms with Crippen molar-refractivity contribution in [3.05, 3.63) is 23.0 Å². The highest BCUT2D eigenvalue weighted by molar-refractivity contribution is 5.78. The molecule has 0 aromatic carbocycles. The third kappa shape index (κ3) is 4.53. The third-order valence-corrected chi connectivity index (χ3v) is 5.46. The quantitative estimate of drug-likeness (QED) is 0.813. The highest BCUT2D eigenvalue weighted by Gasteiger charge is 2.18. The number of carbonyl (C=O) groups is 1. The summed E-state index contributed by atoms with van der Waals surface area (Å²) < 4.78 is 0. The van der Waals surface area contributed by atoms with Crippen molar-refractivity contribution in [3.63, 3.8) is 0 Å². The molecule has 1 N–H and O–H groups in total. The van der Waals surface area contributed by atoms with Crippen LogP contribution in [0.2, 0.25) is 0 Å². The van der Waals surface area contributed by atoms with Crippen LogP contribution in [0.1, 0.15) is 62.3 Å². The van der Waals surface area contributed by atoms with Gasteiger partial charge >= 0.3 is 0 Å². The lowest BCUT2D eigenvalue weighted by Crippen LogP contribution is -2.39. The molecule has 1 saturated heterocycles. The van der Waals surface area contributed by atoms with Gasteiger partial charge in [-0.25, -0.2) is 0 Å². The van der Waals surface area contributed by atoms with Gasteiger partial charge in [-0.1, -0.05) is 6.42 Å². The van der Waals surface area contributed by atoms with Gasteiger partial charge in [0.15, 0.2) is 0 Å². The molecule has 5 nitrogen and oxygen atoms in total. The predicted octanol–water partition coefficient (Wildman–Crippen LogP) is 2.28. The summed E-state index contributed by atoms with van der Waals surface area (Å²) >= 11 is 0. The van der Waals surface area contributed by atoms with Gasteiger partial charge in [-0.05, 0) is 69.5 Å². The van der Waals surface area contributed by atoms with Crippen LogP contribution < -0.4 is 5.32 Å². The van der Waals surface area contributed by atoms with Gasteiger partial charge in [-0.2, -0.15) is 10.2 Å². The number of aryl methyl sites for hydroxylation is 1. The highest BCUT2D eigenvalue weighted by atomic mass is 16.1. The number of carbonyl (C=O) groups excluding carboxylic acids is 1. The maximum Gasteiger partial charge on any atom is 0.226 e. The first kappa shape index (κ1) is 17.3. The maximum absolute atomic E-state index is 12.2. The highest BCUT2D eigenvalue weighted by Crippen LogP contribution is 2.22. The van der Waals surface area contributed by atoms with E-state index in [1.165, 1.54) is 49.8 Å². The van der Waals surface area contributed by atoms with Crippen LogP contribution in [-0.4, -0.2) is 46.7 Å². The lowest BCUT2D eigenvalue weighted by Gasteiger charge is -2.33. The van der Waals surface area contributed by atoms with E-state index in [9.17, 15) is 4.79 Å². The van der Waals surface area contributed by atoms with Crippen molar-refractivity contribution in [2.45, 2.75) is 70.8 Å². The average molecular weight is 330 g/mol. The molecule has 1 aliphatic heterocycles. The second kappa shape index (κ2) is 8.56. The van der Waals surface area contributed by atoms with E-state index in [0.29, 0.717) is 12.5 Å². The number of hydrogen-bond acceptors (Lipinski definition) is 4. The summed E-state index contributed by atoms with van der Waals surface area (Å²) in [5.41, 5.74) is 3.45. The van der Waals surface area contributed by atoms with Gasteiger partial charge in [0.05, 0.1) is 18.3 Å². The van der Waals surface area contributed by atoms with Crippen LogP contribution in [0.4, 0.5) is 0 Å². The van der Waals surface area contributed by atoms with Crippen LogP contribution in [0.3, 0.4) is 0 Å². The van der Waals surface area contributed by atoms with E-state index in [2.05, 4.69) is 27.3 Å². The molecule has 24 heavy (non-hydrogen) atoms. The Hall–Kier alpha value is -1.49. The van der Waals surface area contributed by atoms with Crippen molar-refractivity contribution in [2.24, 2.45) is 0 Å². The first-order valence-corrected chi connectivity index (χ1v) is 9.57. The van der Waals surface area contributed by atoms with Gasteiger partial charge in [0.1, 0.15) is 0 Å². The van der Waals surface area contributed by atoms with E-state index >= 15 is 0 Å². The number of hydrogen-bond donors (Lipinski definition) is 1. The summed E-state index contributed by atoms with van der Waals surface area (Å²) in [6, 6.07) is 0.695. The summed E-state index contributed by atoms with van der Waals surface area (Å²) in [7, 11) is 0. The lowest BCUT2D eigenvalue weighted by atomic mass is 9.91. The largest absolute Gasteiger partial charge is 0.356 e. The van der Waals surface area contributed by atoms with Crippen molar-refractivity contribution in [3.8, 4) is 0 Å². The third-order valence-electron chi connectivity index (χ3n) is 5.46. The number of rotatable bonds is 6. The van der Waals surface area contributed by atoms with Crippen LogP contribution in [-0.2, 0) is 24.1 Å². The molecule has 1 aromatic heterocycles. The van der Waals surface area contributed by atoms with Crippen LogP contribution in [0.25, 0.3) is 0 Å². The topological polar surface area (TPSA) is 58.1 Å². The van der Waals surface area contributed by atoms with Crippen molar-refractivity contribution in [2.75, 3.05) is 19.6 Å². The molecule has 2 aliphatic rings. The summed E-state index contributed by atoms with van der Waals surface area (Å²) in [4.78, 5) is 14.8. The monoisotopic (exact) mass is 330 g/mol. The van der Waals surface area contributed by atoms with E-state index < -0.39 is 0 Å². The zero-order valence-corrected chi connectivity index (χ0v) is 14.9. The van der Waals surface area contributed by atoms with Gasteiger partial charge in [0, 0.05) is 19.1 Å². The van der Waals surface area contributed by atoms with Crippen LogP contribution in [0.15, 0.2) is 6.20 Å². The molecule has 1 fully saturated rings. The molecular formula is C19H30N4O. The number of likely N-dealkylation sites (tertiary alicyclic amines) is 1. The summed E-state index contributed by atoms with van der Waals surface area (Å²) in [6.45, 7) is 5.36. The molecule has 0 radical (unpaired) electrons. The molecule has 0 bridgehead atoms. The predicted molar refractivity (Wildman–Crippen MR) is 94.9 cm³/mol. The van der Waals surface area contributed by atoms with Crippen LogP contribution in [0, 0.1) is 0 Å². The molecule has 1 aromatic rings. The van der Waals surface area contributed by atoms with Crippen LogP contribution in [0.5, 0.6) is 0 Å². The minimum absolute atomic E-state index is 0.0787. The molecule has 1 aliphatic carbocycles. The number of aromatic nitrogens is 2. The average Bonchev–Trinajstić information content (AvgIpc) is 2.60. The van der Waals surface area contributed by atoms with E-state index in [1.807, 2.05) is 6.20 Å². The van der Waals surface area contributed by atoms with Gasteiger partial charge in [0.25, 0.3) is 0 Å². The van der Waals surface area contributed by atoms with E-state index in [0.717, 1.165) is 38.0 Å². The second-order valence-corrected chi connectivity index (χ2v) is 7.26. The molecule has 2 heterocycles. The van der Waals surface area contributed by atoms with Gasteiger partial charge in [-0.3, -0.25) is 4.79 Å². The molecule has 0 spiro atoms. The minimum Gasteiger partial charge on any atom is -0.356 e. The summed E-state index contributed by atoms with van der Waals surface area (Å²) in [6.07, 6.45) is 11.8. The van der Waals surface area contributed by atoms with Crippen molar-refractivity contribution >= 4 is 5.91 Å². The Labute approximate surface area is 145 Å². The Balaban J connectivity index is 1.41. The van der Waals surface area contributed by atoms with Crippen molar-refractivity contribution in [1.29, 1.82) is 0 Å². The number of nitrogens with one attached hydrogen (secondary N) is 1. The fraction of sp³-hybridized carbons (Fsp3) is 0.737. The Morgan fingerprint density at radius 1 is 1.29 bits per heavy atom. The van der Waals surface area contributed by atoms with E-state index in [1.54, 1.807) is 0 Å².